The van der Waals surface area contributed by atoms with Crippen molar-refractivity contribution in [1.29, 1.82) is 0 Å². The number of carbonyl (C=O) groups excluding carboxylic acids is 3. The maximum Gasteiger partial charge on any atom is 0.312 e. The highest BCUT2D eigenvalue weighted by molar-refractivity contribution is 5.98. The second-order valence-corrected chi connectivity index (χ2v) is 9.14. The van der Waals surface area contributed by atoms with E-state index < -0.39 is 23.0 Å². The molecule has 5 atom stereocenters. The molecule has 2 N–H and O–H groups in total. The van der Waals surface area contributed by atoms with Gasteiger partial charge in [-0.05, 0) is 76.3 Å². The molecule has 6 nitrogen and oxygen atoms in total. The first-order valence-electron chi connectivity index (χ1n) is 10.0. The summed E-state index contributed by atoms with van der Waals surface area (Å²) in [7, 11) is 0. The third-order valence-corrected chi connectivity index (χ3v) is 6.65. The van der Waals surface area contributed by atoms with Crippen LogP contribution in [0.3, 0.4) is 0 Å². The number of nitrogens with one attached hydrogen (secondary N) is 1. The van der Waals surface area contributed by atoms with E-state index >= 15 is 0 Å². The van der Waals surface area contributed by atoms with Crippen LogP contribution >= 0.6 is 0 Å². The van der Waals surface area contributed by atoms with E-state index in [0.717, 1.165) is 32.1 Å². The first-order chi connectivity index (χ1) is 13.2. The van der Waals surface area contributed by atoms with E-state index in [1.54, 1.807) is 31.2 Å². The Morgan fingerprint density at radius 2 is 1.86 bits per heavy atom. The van der Waals surface area contributed by atoms with Crippen LogP contribution in [0.4, 0.5) is 5.69 Å². The Morgan fingerprint density at radius 3 is 2.46 bits per heavy atom. The summed E-state index contributed by atoms with van der Waals surface area (Å²) >= 11 is 0. The summed E-state index contributed by atoms with van der Waals surface area (Å²) in [5.41, 5.74) is -0.405. The third kappa shape index (κ3) is 3.46. The lowest BCUT2D eigenvalue weighted by Crippen LogP contribution is -2.59. The van der Waals surface area contributed by atoms with Crippen molar-refractivity contribution in [2.75, 3.05) is 5.32 Å². The molecule has 0 heterocycles. The summed E-state index contributed by atoms with van der Waals surface area (Å²) in [5.74, 6) is -0.137. The monoisotopic (exact) mass is 385 g/mol. The summed E-state index contributed by atoms with van der Waals surface area (Å²) in [5, 5.41) is 13.5. The van der Waals surface area contributed by atoms with Gasteiger partial charge in [0.05, 0.1) is 11.0 Å². The van der Waals surface area contributed by atoms with Crippen LogP contribution < -0.4 is 5.32 Å². The lowest BCUT2D eigenvalue weighted by atomic mass is 9.48. The number of Topliss-reactive ketones (excluding diaryl/α,β-unsaturated/α-hetero) is 1. The SMILES string of the molecule is CC(=O)c1cccc(NC(=O)[C@H](C)OC(=O)C23C[C@@H]4C[C@@H](CC(O)(C4)C2)C3)c1. The van der Waals surface area contributed by atoms with Gasteiger partial charge in [0.15, 0.2) is 11.9 Å². The fourth-order valence-electron chi connectivity index (χ4n) is 5.85. The Morgan fingerprint density at radius 1 is 1.18 bits per heavy atom. The molecular weight excluding hydrogens is 358 g/mol. The largest absolute Gasteiger partial charge is 0.452 e. The molecule has 1 aromatic rings. The highest BCUT2D eigenvalue weighted by Gasteiger charge is 2.61. The zero-order valence-corrected chi connectivity index (χ0v) is 16.4. The van der Waals surface area contributed by atoms with E-state index in [-0.39, 0.29) is 11.8 Å². The zero-order chi connectivity index (χ0) is 20.1. The molecule has 4 fully saturated rings. The Hall–Kier alpha value is -2.21. The van der Waals surface area contributed by atoms with Crippen molar-refractivity contribution in [1.82, 2.24) is 0 Å². The average molecular weight is 385 g/mol. The number of rotatable bonds is 5. The van der Waals surface area contributed by atoms with Crippen LogP contribution in [-0.2, 0) is 14.3 Å². The minimum atomic E-state index is -0.948. The fourth-order valence-corrected chi connectivity index (χ4v) is 5.85. The number of hydrogen-bond donors (Lipinski definition) is 2. The first kappa shape index (κ1) is 19.1. The second kappa shape index (κ2) is 6.69. The Kier molecular flexibility index (Phi) is 4.57. The van der Waals surface area contributed by atoms with Crippen LogP contribution in [-0.4, -0.2) is 34.5 Å². The van der Waals surface area contributed by atoms with Crippen LogP contribution in [0.25, 0.3) is 0 Å². The number of carbonyl (C=O) groups is 3. The normalized spacial score (nSPS) is 34.0. The summed E-state index contributed by atoms with van der Waals surface area (Å²) in [6.07, 6.45) is 3.64. The Labute approximate surface area is 164 Å². The number of benzene rings is 1. The standard InChI is InChI=1S/C22H27NO5/c1-13(24)17-4-3-5-18(7-17)23-19(25)14(2)28-20(26)21-8-15-6-16(9-21)11-22(27,10-15)12-21/h3-5,7,14-16,27H,6,8-12H2,1-2H3,(H,23,25)/t14-,15-,16+,21?,22?/m0/s1. The molecular formula is C22H27NO5. The smallest absolute Gasteiger partial charge is 0.312 e. The summed E-state index contributed by atoms with van der Waals surface area (Å²) < 4.78 is 5.56. The molecule has 1 amide bonds. The summed E-state index contributed by atoms with van der Waals surface area (Å²) in [4.78, 5) is 37.0. The number of ether oxygens (including phenoxy) is 1. The maximum absolute atomic E-state index is 13.0. The van der Waals surface area contributed by atoms with Crippen LogP contribution in [0.1, 0.15) is 62.7 Å². The van der Waals surface area contributed by atoms with Crippen molar-refractivity contribution in [3.05, 3.63) is 29.8 Å². The van der Waals surface area contributed by atoms with Crippen LogP contribution in [0, 0.1) is 17.3 Å². The van der Waals surface area contributed by atoms with Gasteiger partial charge in [-0.1, -0.05) is 12.1 Å². The third-order valence-electron chi connectivity index (χ3n) is 6.65. The molecule has 4 bridgehead atoms. The van der Waals surface area contributed by atoms with E-state index in [9.17, 15) is 19.5 Å². The molecule has 4 saturated carbocycles. The molecule has 0 spiro atoms. The number of anilines is 1. The van der Waals surface area contributed by atoms with Crippen LogP contribution in [0.2, 0.25) is 0 Å². The molecule has 0 aromatic heterocycles. The van der Waals surface area contributed by atoms with Gasteiger partial charge in [0, 0.05) is 11.3 Å². The molecule has 150 valence electrons. The number of esters is 1. The quantitative estimate of drug-likeness (QED) is 0.600. The second-order valence-electron chi connectivity index (χ2n) is 9.14. The average Bonchev–Trinajstić information content (AvgIpc) is 2.59. The van der Waals surface area contributed by atoms with Crippen molar-refractivity contribution >= 4 is 23.3 Å². The van der Waals surface area contributed by atoms with Crippen LogP contribution in [0.15, 0.2) is 24.3 Å². The topological polar surface area (TPSA) is 92.7 Å². The Balaban J connectivity index is 1.41. The molecule has 0 radical (unpaired) electrons. The predicted molar refractivity (Wildman–Crippen MR) is 103 cm³/mol. The van der Waals surface area contributed by atoms with Crippen molar-refractivity contribution in [3.63, 3.8) is 0 Å². The van der Waals surface area contributed by atoms with E-state index in [1.807, 2.05) is 0 Å². The van der Waals surface area contributed by atoms with E-state index in [2.05, 4.69) is 5.32 Å². The molecule has 6 heteroatoms. The number of hydrogen-bond acceptors (Lipinski definition) is 5. The van der Waals surface area contributed by atoms with E-state index in [0.29, 0.717) is 29.5 Å². The van der Waals surface area contributed by atoms with Crippen molar-refractivity contribution in [3.8, 4) is 0 Å². The molecule has 1 aromatic carbocycles. The summed E-state index contributed by atoms with van der Waals surface area (Å²) in [6.45, 7) is 3.02. The number of aliphatic hydroxyl groups is 1. The molecule has 0 aliphatic heterocycles. The van der Waals surface area contributed by atoms with E-state index in [1.165, 1.54) is 6.92 Å². The summed E-state index contributed by atoms with van der Waals surface area (Å²) in [6, 6.07) is 6.66. The fraction of sp³-hybridized carbons (Fsp3) is 0.591. The highest BCUT2D eigenvalue weighted by Crippen LogP contribution is 2.62. The predicted octanol–water partition coefficient (Wildman–Crippen LogP) is 3.09. The lowest BCUT2D eigenvalue weighted by Gasteiger charge is -2.58. The van der Waals surface area contributed by atoms with Gasteiger partial charge in [0.25, 0.3) is 5.91 Å². The van der Waals surface area contributed by atoms with Crippen molar-refractivity contribution in [2.45, 2.75) is 64.1 Å². The van der Waals surface area contributed by atoms with Gasteiger partial charge in [0.2, 0.25) is 0 Å². The van der Waals surface area contributed by atoms with E-state index in [4.69, 9.17) is 4.74 Å². The number of amides is 1. The minimum absolute atomic E-state index is 0.0877. The molecule has 4 aliphatic carbocycles. The van der Waals surface area contributed by atoms with Gasteiger partial charge in [-0.2, -0.15) is 0 Å². The Bertz CT molecular complexity index is 818. The molecule has 4 aliphatic rings. The maximum atomic E-state index is 13.0. The van der Waals surface area contributed by atoms with Gasteiger partial charge >= 0.3 is 5.97 Å². The highest BCUT2D eigenvalue weighted by atomic mass is 16.5. The first-order valence-corrected chi connectivity index (χ1v) is 10.0. The van der Waals surface area contributed by atoms with Crippen molar-refractivity contribution < 1.29 is 24.2 Å². The minimum Gasteiger partial charge on any atom is -0.452 e. The lowest BCUT2D eigenvalue weighted by molar-refractivity contribution is -0.199. The molecule has 0 saturated heterocycles. The molecule has 2 unspecified atom stereocenters. The van der Waals surface area contributed by atoms with Crippen LogP contribution in [0.5, 0.6) is 0 Å². The number of ketones is 1. The molecule has 5 rings (SSSR count). The van der Waals surface area contributed by atoms with Gasteiger partial charge in [-0.3, -0.25) is 14.4 Å². The molecule has 28 heavy (non-hydrogen) atoms. The van der Waals surface area contributed by atoms with Gasteiger partial charge < -0.3 is 15.2 Å². The van der Waals surface area contributed by atoms with Gasteiger partial charge in [-0.25, -0.2) is 0 Å². The van der Waals surface area contributed by atoms with Crippen molar-refractivity contribution in [2.24, 2.45) is 17.3 Å². The van der Waals surface area contributed by atoms with Gasteiger partial charge in [0.1, 0.15) is 0 Å². The zero-order valence-electron chi connectivity index (χ0n) is 16.4. The van der Waals surface area contributed by atoms with Gasteiger partial charge in [-0.15, -0.1) is 0 Å².